The average Bonchev–Trinajstić information content (AvgIpc) is 2.50. The second kappa shape index (κ2) is 7.61. The lowest BCUT2D eigenvalue weighted by atomic mass is 10.2. The van der Waals surface area contributed by atoms with E-state index in [4.69, 9.17) is 16.3 Å². The number of rotatable bonds is 5. The number of nitrogens with zero attached hydrogens (tertiary/aromatic N) is 1. The fourth-order valence-corrected chi connectivity index (χ4v) is 1.93. The molecule has 0 unspecified atom stereocenters. The van der Waals surface area contributed by atoms with Crippen LogP contribution in [0.2, 0.25) is 5.02 Å². The van der Waals surface area contributed by atoms with Crippen LogP contribution < -0.4 is 15.4 Å². The van der Waals surface area contributed by atoms with E-state index in [9.17, 15) is 9.18 Å². The normalized spacial score (nSPS) is 10.1. The molecule has 0 radical (unpaired) electrons. The average molecular weight is 324 g/mol. The summed E-state index contributed by atoms with van der Waals surface area (Å²) < 4.78 is 18.4. The highest BCUT2D eigenvalue weighted by molar-refractivity contribution is 6.31. The molecule has 0 atom stereocenters. The van der Waals surface area contributed by atoms with Crippen molar-refractivity contribution >= 4 is 23.3 Å². The Kier molecular flexibility index (Phi) is 5.55. The van der Waals surface area contributed by atoms with Gasteiger partial charge in [0.1, 0.15) is 5.82 Å². The number of anilines is 1. The molecule has 0 fully saturated rings. The molecule has 7 heteroatoms. The molecule has 1 heterocycles. The molecule has 1 aromatic carbocycles. The first kappa shape index (κ1) is 16.0. The number of hydrogen-bond donors (Lipinski definition) is 2. The zero-order valence-corrected chi connectivity index (χ0v) is 12.7. The van der Waals surface area contributed by atoms with Crippen molar-refractivity contribution in [1.29, 1.82) is 0 Å². The molecule has 2 amide bonds. The third-order valence-electron chi connectivity index (χ3n) is 2.75. The van der Waals surface area contributed by atoms with Gasteiger partial charge in [-0.25, -0.2) is 14.2 Å². The zero-order valence-electron chi connectivity index (χ0n) is 11.9. The maximum atomic E-state index is 13.0. The fourth-order valence-electron chi connectivity index (χ4n) is 1.75. The Labute approximate surface area is 132 Å². The standard InChI is InChI=1S/C15H15ClFN3O2/c1-2-22-14-10(4-3-7-18-14)9-19-15(21)20-11-5-6-13(17)12(16)8-11/h3-8H,2,9H2,1H3,(H2,19,20,21). The molecule has 0 saturated carbocycles. The Morgan fingerprint density at radius 2 is 2.23 bits per heavy atom. The quantitative estimate of drug-likeness (QED) is 0.883. The van der Waals surface area contributed by atoms with Crippen LogP contribution in [0.1, 0.15) is 12.5 Å². The van der Waals surface area contributed by atoms with E-state index >= 15 is 0 Å². The molecule has 0 spiro atoms. The molecule has 0 aliphatic carbocycles. The SMILES string of the molecule is CCOc1ncccc1CNC(=O)Nc1ccc(F)c(Cl)c1. The van der Waals surface area contributed by atoms with Gasteiger partial charge in [0, 0.05) is 24.0 Å². The van der Waals surface area contributed by atoms with Crippen LogP contribution in [-0.2, 0) is 6.54 Å². The zero-order chi connectivity index (χ0) is 15.9. The van der Waals surface area contributed by atoms with E-state index < -0.39 is 11.8 Å². The Balaban J connectivity index is 1.94. The molecule has 2 aromatic rings. The Hall–Kier alpha value is -2.34. The summed E-state index contributed by atoms with van der Waals surface area (Å²) in [6.45, 7) is 2.60. The molecule has 0 aliphatic heterocycles. The molecule has 2 N–H and O–H groups in total. The molecular weight excluding hydrogens is 309 g/mol. The predicted octanol–water partition coefficient (Wildman–Crippen LogP) is 3.59. The lowest BCUT2D eigenvalue weighted by molar-refractivity contribution is 0.251. The van der Waals surface area contributed by atoms with Gasteiger partial charge in [-0.2, -0.15) is 0 Å². The highest BCUT2D eigenvalue weighted by Gasteiger charge is 2.08. The van der Waals surface area contributed by atoms with Gasteiger partial charge in [-0.3, -0.25) is 0 Å². The molecule has 0 saturated heterocycles. The molecule has 116 valence electrons. The van der Waals surface area contributed by atoms with E-state index in [0.29, 0.717) is 18.2 Å². The maximum Gasteiger partial charge on any atom is 0.319 e. The van der Waals surface area contributed by atoms with E-state index in [1.54, 1.807) is 12.3 Å². The van der Waals surface area contributed by atoms with Crippen LogP contribution in [0.3, 0.4) is 0 Å². The van der Waals surface area contributed by atoms with Gasteiger partial charge in [0.15, 0.2) is 0 Å². The third-order valence-corrected chi connectivity index (χ3v) is 3.04. The summed E-state index contributed by atoms with van der Waals surface area (Å²) in [7, 11) is 0. The second-order valence-corrected chi connectivity index (χ2v) is 4.74. The van der Waals surface area contributed by atoms with Gasteiger partial charge < -0.3 is 15.4 Å². The van der Waals surface area contributed by atoms with E-state index in [1.807, 2.05) is 13.0 Å². The highest BCUT2D eigenvalue weighted by atomic mass is 35.5. The van der Waals surface area contributed by atoms with Crippen molar-refractivity contribution in [3.63, 3.8) is 0 Å². The van der Waals surface area contributed by atoms with Gasteiger partial charge in [-0.15, -0.1) is 0 Å². The number of aromatic nitrogens is 1. The molecular formula is C15H15ClFN3O2. The number of carbonyl (C=O) groups excluding carboxylic acids is 1. The van der Waals surface area contributed by atoms with Crippen LogP contribution in [0, 0.1) is 5.82 Å². The van der Waals surface area contributed by atoms with Gasteiger partial charge in [0.05, 0.1) is 11.6 Å². The van der Waals surface area contributed by atoms with Crippen molar-refractivity contribution in [3.8, 4) is 5.88 Å². The summed E-state index contributed by atoms with van der Waals surface area (Å²) in [6.07, 6.45) is 1.62. The van der Waals surface area contributed by atoms with Crippen molar-refractivity contribution in [2.45, 2.75) is 13.5 Å². The maximum absolute atomic E-state index is 13.0. The number of halogens is 2. The number of hydrogen-bond acceptors (Lipinski definition) is 3. The molecule has 2 rings (SSSR count). The number of nitrogens with one attached hydrogen (secondary N) is 2. The predicted molar refractivity (Wildman–Crippen MR) is 82.7 cm³/mol. The third kappa shape index (κ3) is 4.33. The summed E-state index contributed by atoms with van der Waals surface area (Å²) in [5, 5.41) is 5.19. The molecule has 1 aromatic heterocycles. The minimum atomic E-state index is -0.538. The lowest BCUT2D eigenvalue weighted by Gasteiger charge is -2.11. The summed E-state index contributed by atoms with van der Waals surface area (Å²) in [5.74, 6) is -0.0560. The van der Waals surface area contributed by atoms with Crippen LogP contribution >= 0.6 is 11.6 Å². The van der Waals surface area contributed by atoms with E-state index in [-0.39, 0.29) is 11.6 Å². The fraction of sp³-hybridized carbons (Fsp3) is 0.200. The number of urea groups is 1. The van der Waals surface area contributed by atoms with Crippen molar-refractivity contribution < 1.29 is 13.9 Å². The first-order valence-corrected chi connectivity index (χ1v) is 7.04. The van der Waals surface area contributed by atoms with Crippen molar-refractivity contribution in [2.75, 3.05) is 11.9 Å². The summed E-state index contributed by atoms with van der Waals surface area (Å²) in [5.41, 5.74) is 1.16. The van der Waals surface area contributed by atoms with Gasteiger partial charge in [0.2, 0.25) is 5.88 Å². The van der Waals surface area contributed by atoms with Gasteiger partial charge >= 0.3 is 6.03 Å². The Morgan fingerprint density at radius 3 is 2.95 bits per heavy atom. The summed E-state index contributed by atoms with van der Waals surface area (Å²) >= 11 is 5.65. The monoisotopic (exact) mass is 323 g/mol. The summed E-state index contributed by atoms with van der Waals surface area (Å²) in [6, 6.07) is 7.09. The van der Waals surface area contributed by atoms with Gasteiger partial charge in [0.25, 0.3) is 0 Å². The number of amides is 2. The molecule has 0 aliphatic rings. The number of pyridine rings is 1. The van der Waals surface area contributed by atoms with Crippen molar-refractivity contribution in [2.24, 2.45) is 0 Å². The van der Waals surface area contributed by atoms with Crippen LogP contribution in [0.15, 0.2) is 36.5 Å². The molecule has 22 heavy (non-hydrogen) atoms. The first-order chi connectivity index (χ1) is 10.6. The summed E-state index contributed by atoms with van der Waals surface area (Å²) in [4.78, 5) is 15.9. The second-order valence-electron chi connectivity index (χ2n) is 4.34. The van der Waals surface area contributed by atoms with Crippen LogP contribution in [-0.4, -0.2) is 17.6 Å². The smallest absolute Gasteiger partial charge is 0.319 e. The van der Waals surface area contributed by atoms with E-state index in [0.717, 1.165) is 5.56 Å². The minimum absolute atomic E-state index is 0.0521. The van der Waals surface area contributed by atoms with Gasteiger partial charge in [-0.1, -0.05) is 17.7 Å². The number of carbonyl (C=O) groups is 1. The largest absolute Gasteiger partial charge is 0.478 e. The number of ether oxygens (including phenoxy) is 1. The van der Waals surface area contributed by atoms with Crippen molar-refractivity contribution in [1.82, 2.24) is 10.3 Å². The van der Waals surface area contributed by atoms with E-state index in [2.05, 4.69) is 15.6 Å². The molecule has 5 nitrogen and oxygen atoms in total. The Morgan fingerprint density at radius 1 is 1.41 bits per heavy atom. The lowest BCUT2D eigenvalue weighted by Crippen LogP contribution is -2.28. The minimum Gasteiger partial charge on any atom is -0.478 e. The van der Waals surface area contributed by atoms with Crippen LogP contribution in [0.4, 0.5) is 14.9 Å². The van der Waals surface area contributed by atoms with Crippen LogP contribution in [0.25, 0.3) is 0 Å². The Bertz CT molecular complexity index is 667. The number of benzene rings is 1. The highest BCUT2D eigenvalue weighted by Crippen LogP contribution is 2.19. The first-order valence-electron chi connectivity index (χ1n) is 6.66. The van der Waals surface area contributed by atoms with E-state index in [1.165, 1.54) is 18.2 Å². The topological polar surface area (TPSA) is 63.2 Å². The van der Waals surface area contributed by atoms with Crippen molar-refractivity contribution in [3.05, 3.63) is 52.9 Å². The van der Waals surface area contributed by atoms with Gasteiger partial charge in [-0.05, 0) is 31.2 Å². The molecule has 0 bridgehead atoms. The van der Waals surface area contributed by atoms with Crippen LogP contribution in [0.5, 0.6) is 5.88 Å².